The molecule has 2 aromatic carbocycles. The summed E-state index contributed by atoms with van der Waals surface area (Å²) in [5.41, 5.74) is 2.78. The van der Waals surface area contributed by atoms with Crippen LogP contribution < -0.4 is 14.8 Å². The Kier molecular flexibility index (Phi) is 5.13. The van der Waals surface area contributed by atoms with Crippen molar-refractivity contribution in [1.29, 1.82) is 0 Å². The molecule has 1 atom stereocenters. The van der Waals surface area contributed by atoms with Crippen LogP contribution in [0.15, 0.2) is 36.4 Å². The number of nitrogens with one attached hydrogen (secondary N) is 1. The maximum atomic E-state index is 12.6. The molecule has 1 amide bonds. The molecule has 0 aliphatic carbocycles. The van der Waals surface area contributed by atoms with Crippen LogP contribution >= 0.6 is 11.6 Å². The number of hydrogen-bond donors (Lipinski definition) is 1. The van der Waals surface area contributed by atoms with Gasteiger partial charge < -0.3 is 19.4 Å². The SMILES string of the molecule is CCn1c(C(C)NC(=O)Cc2cc(Cl)c3c(c2)OCCO3)nc2ccccc21. The molecule has 2 heterocycles. The van der Waals surface area contributed by atoms with Crippen molar-refractivity contribution in [2.24, 2.45) is 0 Å². The Bertz CT molecular complexity index is 1030. The lowest BCUT2D eigenvalue weighted by atomic mass is 10.1. The third-order valence-electron chi connectivity index (χ3n) is 4.79. The van der Waals surface area contributed by atoms with E-state index in [2.05, 4.69) is 16.8 Å². The minimum absolute atomic E-state index is 0.102. The number of rotatable bonds is 5. The number of carbonyl (C=O) groups is 1. The van der Waals surface area contributed by atoms with Crippen LogP contribution in [0.5, 0.6) is 11.5 Å². The molecule has 1 aromatic heterocycles. The van der Waals surface area contributed by atoms with Gasteiger partial charge in [-0.2, -0.15) is 0 Å². The van der Waals surface area contributed by atoms with Crippen molar-refractivity contribution in [2.45, 2.75) is 32.9 Å². The zero-order chi connectivity index (χ0) is 19.7. The highest BCUT2D eigenvalue weighted by atomic mass is 35.5. The topological polar surface area (TPSA) is 65.4 Å². The molecule has 0 radical (unpaired) electrons. The molecule has 6 nitrogen and oxygen atoms in total. The van der Waals surface area contributed by atoms with Gasteiger partial charge in [0.1, 0.15) is 19.0 Å². The second-order valence-corrected chi connectivity index (χ2v) is 7.18. The quantitative estimate of drug-likeness (QED) is 0.706. The highest BCUT2D eigenvalue weighted by Gasteiger charge is 2.20. The predicted molar refractivity (Wildman–Crippen MR) is 108 cm³/mol. The van der Waals surface area contributed by atoms with Crippen LogP contribution in [0.3, 0.4) is 0 Å². The summed E-state index contributed by atoms with van der Waals surface area (Å²) in [7, 11) is 0. The molecule has 0 saturated heterocycles. The summed E-state index contributed by atoms with van der Waals surface area (Å²) < 4.78 is 13.2. The summed E-state index contributed by atoms with van der Waals surface area (Å²) in [5.74, 6) is 1.87. The zero-order valence-corrected chi connectivity index (χ0v) is 16.6. The van der Waals surface area contributed by atoms with Gasteiger partial charge in [0.2, 0.25) is 5.91 Å². The number of halogens is 1. The first-order chi connectivity index (χ1) is 13.6. The van der Waals surface area contributed by atoms with Gasteiger partial charge in [0.15, 0.2) is 11.5 Å². The maximum absolute atomic E-state index is 12.6. The summed E-state index contributed by atoms with van der Waals surface area (Å²) in [6.07, 6.45) is 0.201. The Balaban J connectivity index is 1.50. The highest BCUT2D eigenvalue weighted by molar-refractivity contribution is 6.32. The van der Waals surface area contributed by atoms with Crippen molar-refractivity contribution < 1.29 is 14.3 Å². The van der Waals surface area contributed by atoms with E-state index in [9.17, 15) is 4.79 Å². The van der Waals surface area contributed by atoms with E-state index < -0.39 is 0 Å². The van der Waals surface area contributed by atoms with Crippen molar-refractivity contribution in [3.8, 4) is 11.5 Å². The van der Waals surface area contributed by atoms with Crippen LogP contribution in [-0.4, -0.2) is 28.7 Å². The molecule has 0 fully saturated rings. The second-order valence-electron chi connectivity index (χ2n) is 6.77. The largest absolute Gasteiger partial charge is 0.486 e. The molecular formula is C21H22ClN3O3. The summed E-state index contributed by atoms with van der Waals surface area (Å²) in [6.45, 7) is 5.75. The number of aromatic nitrogens is 2. The molecule has 0 saturated carbocycles. The Morgan fingerprint density at radius 3 is 2.89 bits per heavy atom. The third kappa shape index (κ3) is 3.52. The summed E-state index contributed by atoms with van der Waals surface area (Å²) in [4.78, 5) is 17.3. The van der Waals surface area contributed by atoms with Crippen LogP contribution in [-0.2, 0) is 17.8 Å². The smallest absolute Gasteiger partial charge is 0.225 e. The van der Waals surface area contributed by atoms with E-state index in [1.807, 2.05) is 37.3 Å². The number of imidazole rings is 1. The zero-order valence-electron chi connectivity index (χ0n) is 15.9. The Labute approximate surface area is 168 Å². The monoisotopic (exact) mass is 399 g/mol. The number of benzene rings is 2. The van der Waals surface area contributed by atoms with Crippen LogP contribution in [0.25, 0.3) is 11.0 Å². The van der Waals surface area contributed by atoms with Gasteiger partial charge in [0.05, 0.1) is 28.5 Å². The van der Waals surface area contributed by atoms with Gasteiger partial charge in [-0.3, -0.25) is 4.79 Å². The van der Waals surface area contributed by atoms with Crippen molar-refractivity contribution in [2.75, 3.05) is 13.2 Å². The minimum Gasteiger partial charge on any atom is -0.486 e. The molecule has 7 heteroatoms. The molecule has 3 aromatic rings. The Morgan fingerprint density at radius 1 is 1.29 bits per heavy atom. The molecule has 28 heavy (non-hydrogen) atoms. The van der Waals surface area contributed by atoms with Gasteiger partial charge in [-0.15, -0.1) is 0 Å². The third-order valence-corrected chi connectivity index (χ3v) is 5.07. The van der Waals surface area contributed by atoms with Crippen molar-refractivity contribution in [3.63, 3.8) is 0 Å². The summed E-state index contributed by atoms with van der Waals surface area (Å²) >= 11 is 6.27. The van der Waals surface area contributed by atoms with Gasteiger partial charge in [0, 0.05) is 6.54 Å². The van der Waals surface area contributed by atoms with Gasteiger partial charge in [-0.05, 0) is 43.7 Å². The fourth-order valence-electron chi connectivity index (χ4n) is 3.57. The van der Waals surface area contributed by atoms with E-state index in [0.29, 0.717) is 29.7 Å². The summed E-state index contributed by atoms with van der Waals surface area (Å²) in [6, 6.07) is 11.3. The molecule has 0 spiro atoms. The lowest BCUT2D eigenvalue weighted by Gasteiger charge is -2.20. The second kappa shape index (κ2) is 7.72. The van der Waals surface area contributed by atoms with E-state index in [1.165, 1.54) is 0 Å². The minimum atomic E-state index is -0.215. The van der Waals surface area contributed by atoms with Gasteiger partial charge in [0.25, 0.3) is 0 Å². The van der Waals surface area contributed by atoms with Gasteiger partial charge >= 0.3 is 0 Å². The number of carbonyl (C=O) groups excluding carboxylic acids is 1. The molecular weight excluding hydrogens is 378 g/mol. The van der Waals surface area contributed by atoms with Crippen LogP contribution in [0.1, 0.15) is 31.3 Å². The van der Waals surface area contributed by atoms with Crippen LogP contribution in [0.2, 0.25) is 5.02 Å². The van der Waals surface area contributed by atoms with E-state index in [0.717, 1.165) is 29.0 Å². The molecule has 1 unspecified atom stereocenters. The predicted octanol–water partition coefficient (Wildman–Crippen LogP) is 3.90. The lowest BCUT2D eigenvalue weighted by Crippen LogP contribution is -2.30. The number of fused-ring (bicyclic) bond motifs is 2. The summed E-state index contributed by atoms with van der Waals surface area (Å²) in [5, 5.41) is 3.50. The first-order valence-electron chi connectivity index (χ1n) is 9.39. The normalized spacial score (nSPS) is 14.1. The number of ether oxygens (including phenoxy) is 2. The number of aryl methyl sites for hydroxylation is 1. The van der Waals surface area contributed by atoms with Crippen molar-refractivity contribution in [3.05, 3.63) is 52.8 Å². The molecule has 1 N–H and O–H groups in total. The van der Waals surface area contributed by atoms with E-state index in [4.69, 9.17) is 26.1 Å². The van der Waals surface area contributed by atoms with E-state index >= 15 is 0 Å². The number of amides is 1. The van der Waals surface area contributed by atoms with Crippen molar-refractivity contribution >= 4 is 28.5 Å². The fraction of sp³-hybridized carbons (Fsp3) is 0.333. The molecule has 146 valence electrons. The average Bonchev–Trinajstić information content (AvgIpc) is 3.06. The Hall–Kier alpha value is -2.73. The standard InChI is InChI=1S/C21H22ClN3O3/c1-3-25-17-7-5-4-6-16(17)24-21(25)13(2)23-19(26)12-14-10-15(22)20-18(11-14)27-8-9-28-20/h4-7,10-11,13H,3,8-9,12H2,1-2H3,(H,23,26). The molecule has 1 aliphatic rings. The number of hydrogen-bond acceptors (Lipinski definition) is 4. The van der Waals surface area contributed by atoms with Crippen molar-refractivity contribution in [1.82, 2.24) is 14.9 Å². The van der Waals surface area contributed by atoms with E-state index in [-0.39, 0.29) is 18.4 Å². The van der Waals surface area contributed by atoms with Gasteiger partial charge in [-0.25, -0.2) is 4.98 Å². The van der Waals surface area contributed by atoms with E-state index in [1.54, 1.807) is 6.07 Å². The first kappa shape index (κ1) is 18.6. The number of para-hydroxylation sites is 2. The average molecular weight is 400 g/mol. The highest BCUT2D eigenvalue weighted by Crippen LogP contribution is 2.38. The molecule has 4 rings (SSSR count). The van der Waals surface area contributed by atoms with Crippen LogP contribution in [0.4, 0.5) is 0 Å². The maximum Gasteiger partial charge on any atom is 0.225 e. The fourth-order valence-corrected chi connectivity index (χ4v) is 3.85. The Morgan fingerprint density at radius 2 is 2.07 bits per heavy atom. The van der Waals surface area contributed by atoms with Gasteiger partial charge in [-0.1, -0.05) is 23.7 Å². The first-order valence-corrected chi connectivity index (χ1v) is 9.77. The molecule has 1 aliphatic heterocycles. The molecule has 0 bridgehead atoms. The number of nitrogens with zero attached hydrogens (tertiary/aromatic N) is 2. The van der Waals surface area contributed by atoms with Crippen LogP contribution in [0, 0.1) is 0 Å². The lowest BCUT2D eigenvalue weighted by molar-refractivity contribution is -0.121.